The summed E-state index contributed by atoms with van der Waals surface area (Å²) >= 11 is 0. The highest BCUT2D eigenvalue weighted by Gasteiger charge is 2.37. The molecule has 7 heteroatoms. The third-order valence-corrected chi connectivity index (χ3v) is 2.79. The zero-order chi connectivity index (χ0) is 15.1. The molecule has 106 valence electrons. The molecule has 1 aromatic carbocycles. The molecular weight excluding hydrogens is 273 g/mol. The number of hydrogen-bond acceptors (Lipinski definition) is 2. The van der Waals surface area contributed by atoms with E-state index in [1.54, 1.807) is 13.8 Å². The molecule has 1 fully saturated rings. The van der Waals surface area contributed by atoms with Crippen molar-refractivity contribution in [2.45, 2.75) is 20.0 Å². The molecule has 20 heavy (non-hydrogen) atoms. The number of hydrazine groups is 1. The molecule has 1 aliphatic rings. The van der Waals surface area contributed by atoms with Crippen LogP contribution in [0.4, 0.5) is 18.9 Å². The van der Waals surface area contributed by atoms with E-state index in [0.29, 0.717) is 5.57 Å². The minimum Gasteiger partial charge on any atom is -0.267 e. The first-order valence-electron chi connectivity index (χ1n) is 5.72. The van der Waals surface area contributed by atoms with Crippen molar-refractivity contribution in [1.82, 2.24) is 5.43 Å². The largest absolute Gasteiger partial charge is 0.416 e. The van der Waals surface area contributed by atoms with Crippen molar-refractivity contribution in [2.75, 3.05) is 5.01 Å². The first kappa shape index (κ1) is 14.1. The van der Waals surface area contributed by atoms with Crippen LogP contribution in [0.5, 0.6) is 0 Å². The molecule has 0 aromatic heterocycles. The van der Waals surface area contributed by atoms with Gasteiger partial charge in [-0.15, -0.1) is 0 Å². The SMILES string of the molecule is CC(C)=C1C(=O)NN(c2cccc(C(F)(F)F)c2)C1=O. The highest BCUT2D eigenvalue weighted by Crippen LogP contribution is 2.32. The molecule has 2 amide bonds. The molecule has 2 rings (SSSR count). The molecule has 1 N–H and O–H groups in total. The minimum absolute atomic E-state index is 0.0329. The monoisotopic (exact) mass is 284 g/mol. The van der Waals surface area contributed by atoms with Crippen LogP contribution in [-0.4, -0.2) is 11.8 Å². The molecular formula is C13H11F3N2O2. The minimum atomic E-state index is -4.51. The standard InChI is InChI=1S/C13H11F3N2O2/c1-7(2)10-11(19)17-18(12(10)20)9-5-3-4-8(6-9)13(14,15)16/h3-6H,1-2H3,(H,17,19). The maximum absolute atomic E-state index is 12.6. The third-order valence-electron chi connectivity index (χ3n) is 2.79. The number of hydrogen-bond donors (Lipinski definition) is 1. The molecule has 1 saturated heterocycles. The van der Waals surface area contributed by atoms with E-state index in [1.165, 1.54) is 12.1 Å². The van der Waals surface area contributed by atoms with Gasteiger partial charge in [0.15, 0.2) is 0 Å². The van der Waals surface area contributed by atoms with E-state index in [1.807, 2.05) is 0 Å². The fourth-order valence-electron chi connectivity index (χ4n) is 1.86. The van der Waals surface area contributed by atoms with E-state index < -0.39 is 23.6 Å². The van der Waals surface area contributed by atoms with Crippen molar-refractivity contribution in [3.05, 3.63) is 41.0 Å². The molecule has 0 aliphatic carbocycles. The van der Waals surface area contributed by atoms with E-state index >= 15 is 0 Å². The summed E-state index contributed by atoms with van der Waals surface area (Å²) in [6, 6.07) is 4.21. The van der Waals surface area contributed by atoms with Crippen LogP contribution in [-0.2, 0) is 15.8 Å². The predicted octanol–water partition coefficient (Wildman–Crippen LogP) is 2.42. The van der Waals surface area contributed by atoms with Gasteiger partial charge < -0.3 is 0 Å². The van der Waals surface area contributed by atoms with Gasteiger partial charge in [-0.1, -0.05) is 11.6 Å². The summed E-state index contributed by atoms with van der Waals surface area (Å²) in [5.74, 6) is -1.28. The number of nitrogens with zero attached hydrogens (tertiary/aromatic N) is 1. The molecule has 4 nitrogen and oxygen atoms in total. The number of rotatable bonds is 1. The van der Waals surface area contributed by atoms with Crippen LogP contribution in [0.2, 0.25) is 0 Å². The second kappa shape index (κ2) is 4.66. The Bertz CT molecular complexity index is 616. The highest BCUT2D eigenvalue weighted by molar-refractivity contribution is 6.29. The zero-order valence-electron chi connectivity index (χ0n) is 10.7. The number of nitrogens with one attached hydrogen (secondary N) is 1. The van der Waals surface area contributed by atoms with Gasteiger partial charge >= 0.3 is 6.18 Å². The summed E-state index contributed by atoms with van der Waals surface area (Å²) in [5, 5.41) is 0.819. The first-order valence-corrected chi connectivity index (χ1v) is 5.72. The smallest absolute Gasteiger partial charge is 0.267 e. The summed E-state index contributed by atoms with van der Waals surface area (Å²) in [5.41, 5.74) is 1.78. The van der Waals surface area contributed by atoms with E-state index in [4.69, 9.17) is 0 Å². The molecule has 0 unspecified atom stereocenters. The van der Waals surface area contributed by atoms with Gasteiger partial charge in [-0.2, -0.15) is 13.2 Å². The van der Waals surface area contributed by atoms with Gasteiger partial charge in [0.25, 0.3) is 11.8 Å². The van der Waals surface area contributed by atoms with Crippen molar-refractivity contribution in [2.24, 2.45) is 0 Å². The maximum Gasteiger partial charge on any atom is 0.416 e. The Hall–Kier alpha value is -2.31. The second-order valence-electron chi connectivity index (χ2n) is 4.50. The summed E-state index contributed by atoms with van der Waals surface area (Å²) in [4.78, 5) is 23.7. The number of alkyl halides is 3. The fraction of sp³-hybridized carbons (Fsp3) is 0.231. The lowest BCUT2D eigenvalue weighted by Crippen LogP contribution is -2.35. The van der Waals surface area contributed by atoms with E-state index in [9.17, 15) is 22.8 Å². The lowest BCUT2D eigenvalue weighted by atomic mass is 10.1. The van der Waals surface area contributed by atoms with Crippen LogP contribution in [0.25, 0.3) is 0 Å². The highest BCUT2D eigenvalue weighted by atomic mass is 19.4. The van der Waals surface area contributed by atoms with Crippen LogP contribution in [0.15, 0.2) is 35.4 Å². The second-order valence-corrected chi connectivity index (χ2v) is 4.50. The summed E-state index contributed by atoms with van der Waals surface area (Å²) in [6.45, 7) is 3.17. The number of carbonyl (C=O) groups excluding carboxylic acids is 2. The number of carbonyl (C=O) groups is 2. The Morgan fingerprint density at radius 2 is 1.85 bits per heavy atom. The van der Waals surface area contributed by atoms with Crippen molar-refractivity contribution in [3.8, 4) is 0 Å². The first-order chi connectivity index (χ1) is 9.21. The molecule has 0 spiro atoms. The summed E-state index contributed by atoms with van der Waals surface area (Å²) in [7, 11) is 0. The van der Waals surface area contributed by atoms with Gasteiger partial charge in [0.2, 0.25) is 0 Å². The van der Waals surface area contributed by atoms with Gasteiger partial charge in [0, 0.05) is 0 Å². The average Bonchev–Trinajstić information content (AvgIpc) is 2.64. The molecule has 0 atom stereocenters. The number of halogens is 3. The van der Waals surface area contributed by atoms with Crippen molar-refractivity contribution in [3.63, 3.8) is 0 Å². The van der Waals surface area contributed by atoms with Gasteiger partial charge in [-0.05, 0) is 32.0 Å². The number of amides is 2. The van der Waals surface area contributed by atoms with Crippen molar-refractivity contribution < 1.29 is 22.8 Å². The molecule has 1 aromatic rings. The van der Waals surface area contributed by atoms with E-state index in [2.05, 4.69) is 5.43 Å². The van der Waals surface area contributed by atoms with Gasteiger partial charge in [-0.3, -0.25) is 15.0 Å². The molecule has 0 bridgehead atoms. The fourth-order valence-corrected chi connectivity index (χ4v) is 1.86. The Kier molecular flexibility index (Phi) is 3.29. The Labute approximate surface area is 112 Å². The van der Waals surface area contributed by atoms with Gasteiger partial charge in [0.1, 0.15) is 5.57 Å². The summed E-state index contributed by atoms with van der Waals surface area (Å²) in [6.07, 6.45) is -4.51. The molecule has 0 saturated carbocycles. The molecule has 1 heterocycles. The van der Waals surface area contributed by atoms with Crippen LogP contribution in [0.3, 0.4) is 0 Å². The zero-order valence-corrected chi connectivity index (χ0v) is 10.7. The molecule has 0 radical (unpaired) electrons. The average molecular weight is 284 g/mol. The van der Waals surface area contributed by atoms with Gasteiger partial charge in [0.05, 0.1) is 11.3 Å². The van der Waals surface area contributed by atoms with Crippen LogP contribution in [0.1, 0.15) is 19.4 Å². The summed E-state index contributed by atoms with van der Waals surface area (Å²) < 4.78 is 37.9. The maximum atomic E-state index is 12.6. The van der Waals surface area contributed by atoms with E-state index in [0.717, 1.165) is 17.1 Å². The Morgan fingerprint density at radius 3 is 2.35 bits per heavy atom. The Morgan fingerprint density at radius 1 is 1.20 bits per heavy atom. The number of benzene rings is 1. The number of anilines is 1. The van der Waals surface area contributed by atoms with Crippen LogP contribution >= 0.6 is 0 Å². The number of allylic oxidation sites excluding steroid dienone is 1. The van der Waals surface area contributed by atoms with E-state index in [-0.39, 0.29) is 11.3 Å². The molecule has 1 aliphatic heterocycles. The topological polar surface area (TPSA) is 49.4 Å². The normalized spacial score (nSPS) is 15.7. The lowest BCUT2D eigenvalue weighted by Gasteiger charge is -2.16. The van der Waals surface area contributed by atoms with Crippen molar-refractivity contribution >= 4 is 17.5 Å². The van der Waals surface area contributed by atoms with Crippen molar-refractivity contribution in [1.29, 1.82) is 0 Å². The predicted molar refractivity (Wildman–Crippen MR) is 65.4 cm³/mol. The third kappa shape index (κ3) is 2.38. The van der Waals surface area contributed by atoms with Gasteiger partial charge in [-0.25, -0.2) is 5.01 Å². The van der Waals surface area contributed by atoms with Crippen LogP contribution in [0, 0.1) is 0 Å². The van der Waals surface area contributed by atoms with Crippen LogP contribution < -0.4 is 10.4 Å². The lowest BCUT2D eigenvalue weighted by molar-refractivity contribution is -0.137. The Balaban J connectivity index is 2.42. The quantitative estimate of drug-likeness (QED) is 0.636.